The lowest BCUT2D eigenvalue weighted by atomic mass is 9.88. The van der Waals surface area contributed by atoms with Crippen molar-refractivity contribution in [2.24, 2.45) is 5.92 Å². The van der Waals surface area contributed by atoms with Crippen molar-refractivity contribution in [3.8, 4) is 0 Å². The average molecular weight is 325 g/mol. The van der Waals surface area contributed by atoms with Crippen LogP contribution >= 0.6 is 11.3 Å². The molecule has 2 aromatic rings. The van der Waals surface area contributed by atoms with E-state index in [2.05, 4.69) is 12.1 Å². The molecule has 0 aliphatic heterocycles. The molecule has 1 aliphatic carbocycles. The van der Waals surface area contributed by atoms with Crippen LogP contribution < -0.4 is 0 Å². The fourth-order valence-corrected chi connectivity index (χ4v) is 5.40. The van der Waals surface area contributed by atoms with Crippen LogP contribution in [0.4, 0.5) is 0 Å². The molecule has 0 fully saturated rings. The molecule has 0 bridgehead atoms. The summed E-state index contributed by atoms with van der Waals surface area (Å²) in [6.07, 6.45) is 3.67. The molecule has 0 saturated heterocycles. The first-order valence-electron chi connectivity index (χ1n) is 7.27. The highest BCUT2D eigenvalue weighted by Gasteiger charge is 2.27. The van der Waals surface area contributed by atoms with Gasteiger partial charge in [-0.3, -0.25) is 0 Å². The number of aryl methyl sites for hydroxylation is 2. The molecule has 114 valence electrons. The summed E-state index contributed by atoms with van der Waals surface area (Å²) >= 11 is 1.35. The number of sulfone groups is 1. The van der Waals surface area contributed by atoms with Crippen molar-refractivity contribution in [2.75, 3.05) is 0 Å². The first kappa shape index (κ1) is 14.8. The maximum atomic E-state index is 12.5. The Morgan fingerprint density at radius 1 is 1.43 bits per heavy atom. The number of hydrogen-bond donors (Lipinski definition) is 0. The van der Waals surface area contributed by atoms with Crippen LogP contribution in [0.3, 0.4) is 0 Å². The Bertz CT molecular complexity index is 743. The second-order valence-corrected chi connectivity index (χ2v) is 9.10. The Balaban J connectivity index is 1.88. The molecule has 0 saturated carbocycles. The molecule has 1 aliphatic rings. The molecule has 0 N–H and O–H groups in total. The van der Waals surface area contributed by atoms with E-state index in [0.29, 0.717) is 15.8 Å². The Morgan fingerprint density at radius 2 is 2.24 bits per heavy atom. The number of hydrogen-bond acceptors (Lipinski definition) is 5. The van der Waals surface area contributed by atoms with Crippen molar-refractivity contribution in [1.82, 2.24) is 5.16 Å². The monoisotopic (exact) mass is 325 g/mol. The molecule has 0 aromatic carbocycles. The summed E-state index contributed by atoms with van der Waals surface area (Å²) in [5.74, 6) is 1.38. The first-order chi connectivity index (χ1) is 9.99. The number of rotatable bonds is 4. The van der Waals surface area contributed by atoms with Gasteiger partial charge in [-0.2, -0.15) is 0 Å². The van der Waals surface area contributed by atoms with Gasteiger partial charge in [-0.25, -0.2) is 8.42 Å². The van der Waals surface area contributed by atoms with E-state index in [1.807, 2.05) is 13.0 Å². The Kier molecular flexibility index (Phi) is 3.92. The molecule has 2 aromatic heterocycles. The highest BCUT2D eigenvalue weighted by molar-refractivity contribution is 7.92. The second kappa shape index (κ2) is 5.57. The summed E-state index contributed by atoms with van der Waals surface area (Å²) < 4.78 is 30.8. The zero-order chi connectivity index (χ0) is 15.0. The molecule has 21 heavy (non-hydrogen) atoms. The van der Waals surface area contributed by atoms with Gasteiger partial charge in [0.25, 0.3) is 0 Å². The topological polar surface area (TPSA) is 60.2 Å². The van der Waals surface area contributed by atoms with Crippen molar-refractivity contribution >= 4 is 21.2 Å². The van der Waals surface area contributed by atoms with E-state index in [-0.39, 0.29) is 5.75 Å². The van der Waals surface area contributed by atoms with Crippen LogP contribution in [0.2, 0.25) is 0 Å². The fraction of sp³-hybridized carbons (Fsp3) is 0.533. The maximum Gasteiger partial charge on any atom is 0.193 e. The zero-order valence-corrected chi connectivity index (χ0v) is 13.9. The Hall–Kier alpha value is -1.14. The van der Waals surface area contributed by atoms with Gasteiger partial charge in [-0.05, 0) is 37.3 Å². The van der Waals surface area contributed by atoms with Gasteiger partial charge in [0.05, 0.1) is 0 Å². The molecule has 0 radical (unpaired) electrons. The van der Waals surface area contributed by atoms with Gasteiger partial charge in [0, 0.05) is 16.9 Å². The molecule has 2 heterocycles. The quantitative estimate of drug-likeness (QED) is 0.864. The number of aromatic nitrogens is 1. The standard InChI is InChI=1S/C15H19NO3S2/c1-3-11-5-7-15(20-11)21(17,18)9-13-12-8-10(2)4-6-14(12)19-16-13/h5,7,10H,3-4,6,8-9H2,1-2H3. The molecular formula is C15H19NO3S2. The molecule has 0 amide bonds. The molecule has 3 rings (SSSR count). The minimum Gasteiger partial charge on any atom is -0.361 e. The van der Waals surface area contributed by atoms with Gasteiger partial charge >= 0.3 is 0 Å². The predicted molar refractivity (Wildman–Crippen MR) is 82.3 cm³/mol. The molecule has 6 heteroatoms. The molecule has 4 nitrogen and oxygen atoms in total. The van der Waals surface area contributed by atoms with Gasteiger partial charge < -0.3 is 4.52 Å². The highest BCUT2D eigenvalue weighted by atomic mass is 32.2. The maximum absolute atomic E-state index is 12.5. The third kappa shape index (κ3) is 2.92. The lowest BCUT2D eigenvalue weighted by molar-refractivity contribution is 0.354. The van der Waals surface area contributed by atoms with Crippen molar-refractivity contribution in [3.05, 3.63) is 34.0 Å². The van der Waals surface area contributed by atoms with E-state index >= 15 is 0 Å². The summed E-state index contributed by atoms with van der Waals surface area (Å²) in [5, 5.41) is 4.02. The summed E-state index contributed by atoms with van der Waals surface area (Å²) in [4.78, 5) is 1.09. The van der Waals surface area contributed by atoms with Gasteiger partial charge in [-0.15, -0.1) is 11.3 Å². The Labute approximate surface area is 129 Å². The lowest BCUT2D eigenvalue weighted by Gasteiger charge is -2.16. The highest BCUT2D eigenvalue weighted by Crippen LogP contribution is 2.31. The van der Waals surface area contributed by atoms with E-state index < -0.39 is 9.84 Å². The van der Waals surface area contributed by atoms with Gasteiger partial charge in [-0.1, -0.05) is 19.0 Å². The Morgan fingerprint density at radius 3 is 2.95 bits per heavy atom. The summed E-state index contributed by atoms with van der Waals surface area (Å²) in [6.45, 7) is 4.21. The van der Waals surface area contributed by atoms with Crippen LogP contribution in [-0.2, 0) is 34.9 Å². The van der Waals surface area contributed by atoms with Crippen LogP contribution in [0.1, 0.15) is 42.2 Å². The minimum atomic E-state index is -3.33. The summed E-state index contributed by atoms with van der Waals surface area (Å²) in [7, 11) is -3.33. The van der Waals surface area contributed by atoms with E-state index in [1.54, 1.807) is 6.07 Å². The van der Waals surface area contributed by atoms with Crippen LogP contribution in [0.25, 0.3) is 0 Å². The van der Waals surface area contributed by atoms with E-state index in [4.69, 9.17) is 4.52 Å². The summed E-state index contributed by atoms with van der Waals surface area (Å²) in [6, 6.07) is 3.59. The van der Waals surface area contributed by atoms with Crippen LogP contribution in [-0.4, -0.2) is 13.6 Å². The number of fused-ring (bicyclic) bond motifs is 1. The molecule has 1 atom stereocenters. The third-order valence-corrected chi connectivity index (χ3v) is 7.43. The van der Waals surface area contributed by atoms with E-state index in [1.165, 1.54) is 11.3 Å². The first-order valence-corrected chi connectivity index (χ1v) is 9.74. The largest absolute Gasteiger partial charge is 0.361 e. The molecular weight excluding hydrogens is 306 g/mol. The third-order valence-electron chi connectivity index (χ3n) is 3.99. The van der Waals surface area contributed by atoms with Crippen LogP contribution in [0.5, 0.6) is 0 Å². The van der Waals surface area contributed by atoms with Crippen molar-refractivity contribution in [3.63, 3.8) is 0 Å². The summed E-state index contributed by atoms with van der Waals surface area (Å²) in [5.41, 5.74) is 1.62. The van der Waals surface area contributed by atoms with Gasteiger partial charge in [0.2, 0.25) is 0 Å². The van der Waals surface area contributed by atoms with Crippen LogP contribution in [0.15, 0.2) is 20.9 Å². The smallest absolute Gasteiger partial charge is 0.193 e. The predicted octanol–water partition coefficient (Wildman–Crippen LogP) is 3.40. The zero-order valence-electron chi connectivity index (χ0n) is 12.3. The van der Waals surface area contributed by atoms with E-state index in [9.17, 15) is 8.42 Å². The number of thiophene rings is 1. The molecule has 1 unspecified atom stereocenters. The van der Waals surface area contributed by atoms with Crippen molar-refractivity contribution in [2.45, 2.75) is 49.5 Å². The SMILES string of the molecule is CCc1ccc(S(=O)(=O)Cc2noc3c2CC(C)CC3)s1. The van der Waals surface area contributed by atoms with E-state index in [0.717, 1.165) is 41.9 Å². The number of nitrogens with zero attached hydrogens (tertiary/aromatic N) is 1. The van der Waals surface area contributed by atoms with Gasteiger partial charge in [0.1, 0.15) is 21.4 Å². The normalized spacial score (nSPS) is 18.7. The van der Waals surface area contributed by atoms with Crippen LogP contribution in [0, 0.1) is 5.92 Å². The van der Waals surface area contributed by atoms with Gasteiger partial charge in [0.15, 0.2) is 9.84 Å². The lowest BCUT2D eigenvalue weighted by Crippen LogP contribution is -2.12. The fourth-order valence-electron chi connectivity index (χ4n) is 2.72. The van der Waals surface area contributed by atoms with Crippen molar-refractivity contribution < 1.29 is 12.9 Å². The second-order valence-electron chi connectivity index (χ2n) is 5.71. The molecule has 0 spiro atoms. The minimum absolute atomic E-state index is 0.0534. The van der Waals surface area contributed by atoms with Crippen molar-refractivity contribution in [1.29, 1.82) is 0 Å². The average Bonchev–Trinajstić information content (AvgIpc) is 3.06.